The maximum Gasteiger partial charge on any atom is 0.255 e. The molecule has 8 nitrogen and oxygen atoms in total. The first-order valence-electron chi connectivity index (χ1n) is 7.74. The van der Waals surface area contributed by atoms with Crippen LogP contribution in [0.25, 0.3) is 0 Å². The van der Waals surface area contributed by atoms with E-state index in [0.29, 0.717) is 23.6 Å². The van der Waals surface area contributed by atoms with Gasteiger partial charge in [0.15, 0.2) is 0 Å². The van der Waals surface area contributed by atoms with Crippen molar-refractivity contribution in [2.24, 2.45) is 5.14 Å². The number of nitrogens with one attached hydrogen (secondary N) is 2. The molecule has 2 aromatic carbocycles. The Kier molecular flexibility index (Phi) is 6.31. The molecule has 26 heavy (non-hydrogen) atoms. The first kappa shape index (κ1) is 19.4. The molecule has 0 radical (unpaired) electrons. The minimum atomic E-state index is -3.79. The second-order valence-electron chi connectivity index (χ2n) is 5.23. The van der Waals surface area contributed by atoms with Crippen molar-refractivity contribution >= 4 is 27.5 Å². The summed E-state index contributed by atoms with van der Waals surface area (Å²) in [5.41, 5.74) is 0.714. The lowest BCUT2D eigenvalue weighted by molar-refractivity contribution is -0.115. The molecule has 0 aromatic heterocycles. The van der Waals surface area contributed by atoms with Crippen molar-refractivity contribution in [3.63, 3.8) is 0 Å². The van der Waals surface area contributed by atoms with Gasteiger partial charge < -0.3 is 15.4 Å². The lowest BCUT2D eigenvalue weighted by atomic mass is 10.2. The van der Waals surface area contributed by atoms with Crippen LogP contribution in [-0.4, -0.2) is 33.4 Å². The number of carbonyl (C=O) groups is 2. The predicted octanol–water partition coefficient (Wildman–Crippen LogP) is 1.10. The number of benzene rings is 2. The highest BCUT2D eigenvalue weighted by Gasteiger charge is 2.13. The molecule has 0 saturated heterocycles. The van der Waals surface area contributed by atoms with Crippen LogP contribution in [0.1, 0.15) is 17.3 Å². The number of anilines is 1. The van der Waals surface area contributed by atoms with Gasteiger partial charge in [-0.2, -0.15) is 0 Å². The van der Waals surface area contributed by atoms with Crippen LogP contribution in [-0.2, 0) is 14.8 Å². The molecule has 9 heteroatoms. The first-order chi connectivity index (χ1) is 12.3. The van der Waals surface area contributed by atoms with Gasteiger partial charge in [0.2, 0.25) is 15.9 Å². The molecule has 0 spiro atoms. The molecule has 0 saturated carbocycles. The van der Waals surface area contributed by atoms with E-state index < -0.39 is 21.8 Å². The van der Waals surface area contributed by atoms with Crippen molar-refractivity contribution in [1.29, 1.82) is 0 Å². The second kappa shape index (κ2) is 8.45. The Bertz CT molecular complexity index is 895. The average Bonchev–Trinajstić information content (AvgIpc) is 2.60. The van der Waals surface area contributed by atoms with Gasteiger partial charge in [-0.1, -0.05) is 12.1 Å². The van der Waals surface area contributed by atoms with Gasteiger partial charge in [0.05, 0.1) is 23.6 Å². The molecular weight excluding hydrogens is 358 g/mol. The van der Waals surface area contributed by atoms with Crippen LogP contribution < -0.4 is 20.5 Å². The third-order valence-electron chi connectivity index (χ3n) is 3.31. The molecule has 0 heterocycles. The van der Waals surface area contributed by atoms with Crippen LogP contribution in [0.3, 0.4) is 0 Å². The smallest absolute Gasteiger partial charge is 0.255 e. The van der Waals surface area contributed by atoms with Gasteiger partial charge >= 0.3 is 0 Å². The maximum atomic E-state index is 12.2. The summed E-state index contributed by atoms with van der Waals surface area (Å²) in [6, 6.07) is 12.1. The Labute approximate surface area is 151 Å². The van der Waals surface area contributed by atoms with E-state index in [1.54, 1.807) is 24.3 Å². The van der Waals surface area contributed by atoms with Crippen molar-refractivity contribution in [3.05, 3.63) is 54.1 Å². The predicted molar refractivity (Wildman–Crippen MR) is 96.4 cm³/mol. The van der Waals surface area contributed by atoms with Crippen molar-refractivity contribution in [1.82, 2.24) is 5.32 Å². The average molecular weight is 377 g/mol. The van der Waals surface area contributed by atoms with E-state index in [1.807, 2.05) is 6.92 Å². The van der Waals surface area contributed by atoms with E-state index in [2.05, 4.69) is 10.6 Å². The van der Waals surface area contributed by atoms with E-state index in [1.165, 1.54) is 24.3 Å². The normalized spacial score (nSPS) is 10.8. The summed E-state index contributed by atoms with van der Waals surface area (Å²) in [7, 11) is -3.79. The standard InChI is InChI=1S/C17H19N3O5S/c1-2-25-15-6-4-3-5-14(15)17(22)19-11-16(21)20-12-7-9-13(10-8-12)26(18,23)24/h3-10H,2,11H2,1H3,(H,19,22)(H,20,21)(H2,18,23,24). The highest BCUT2D eigenvalue weighted by atomic mass is 32.2. The van der Waals surface area contributed by atoms with Crippen molar-refractivity contribution in [2.45, 2.75) is 11.8 Å². The van der Waals surface area contributed by atoms with E-state index in [0.717, 1.165) is 0 Å². The number of primary sulfonamides is 1. The zero-order valence-corrected chi connectivity index (χ0v) is 14.9. The summed E-state index contributed by atoms with van der Waals surface area (Å²) >= 11 is 0. The second-order valence-corrected chi connectivity index (χ2v) is 6.79. The number of amides is 2. The lowest BCUT2D eigenvalue weighted by Gasteiger charge is -2.10. The third kappa shape index (κ3) is 5.30. The molecule has 0 aliphatic carbocycles. The molecule has 2 amide bonds. The first-order valence-corrected chi connectivity index (χ1v) is 9.28. The Hall–Kier alpha value is -2.91. The molecule has 4 N–H and O–H groups in total. The third-order valence-corrected chi connectivity index (χ3v) is 4.24. The van der Waals surface area contributed by atoms with Gasteiger partial charge in [-0.3, -0.25) is 9.59 Å². The number of nitrogens with two attached hydrogens (primary N) is 1. The van der Waals surface area contributed by atoms with Gasteiger partial charge in [-0.15, -0.1) is 0 Å². The Balaban J connectivity index is 1.93. The molecule has 0 bridgehead atoms. The van der Waals surface area contributed by atoms with Crippen LogP contribution in [0.2, 0.25) is 0 Å². The Morgan fingerprint density at radius 1 is 1.08 bits per heavy atom. The monoisotopic (exact) mass is 377 g/mol. The van der Waals surface area contributed by atoms with Crippen LogP contribution in [0.4, 0.5) is 5.69 Å². The summed E-state index contributed by atoms with van der Waals surface area (Å²) in [4.78, 5) is 24.1. The van der Waals surface area contributed by atoms with E-state index in [4.69, 9.17) is 9.88 Å². The van der Waals surface area contributed by atoms with Crippen molar-refractivity contribution in [2.75, 3.05) is 18.5 Å². The number of hydrogen-bond donors (Lipinski definition) is 3. The summed E-state index contributed by atoms with van der Waals surface area (Å²) in [6.45, 7) is 1.97. The number of carbonyl (C=O) groups excluding carboxylic acids is 2. The van der Waals surface area contributed by atoms with Gasteiger partial charge in [-0.05, 0) is 43.3 Å². The fourth-order valence-corrected chi connectivity index (χ4v) is 2.64. The maximum absolute atomic E-state index is 12.2. The molecule has 0 aliphatic heterocycles. The van der Waals surface area contributed by atoms with E-state index >= 15 is 0 Å². The molecule has 0 atom stereocenters. The zero-order chi connectivity index (χ0) is 19.2. The molecule has 0 aliphatic rings. The van der Waals surface area contributed by atoms with Crippen molar-refractivity contribution in [3.8, 4) is 5.75 Å². The zero-order valence-electron chi connectivity index (χ0n) is 14.1. The van der Waals surface area contributed by atoms with Crippen LogP contribution >= 0.6 is 0 Å². The topological polar surface area (TPSA) is 128 Å². The van der Waals surface area contributed by atoms with Gasteiger partial charge in [-0.25, -0.2) is 13.6 Å². The number of sulfonamides is 1. The van der Waals surface area contributed by atoms with Crippen LogP contribution in [0, 0.1) is 0 Å². The molecule has 2 rings (SSSR count). The summed E-state index contributed by atoms with van der Waals surface area (Å²) in [6.07, 6.45) is 0. The van der Waals surface area contributed by atoms with Crippen LogP contribution in [0.15, 0.2) is 53.4 Å². The fourth-order valence-electron chi connectivity index (χ4n) is 2.12. The van der Waals surface area contributed by atoms with Crippen molar-refractivity contribution < 1.29 is 22.7 Å². The fraction of sp³-hybridized carbons (Fsp3) is 0.176. The van der Waals surface area contributed by atoms with E-state index in [-0.39, 0.29) is 11.4 Å². The highest BCUT2D eigenvalue weighted by Crippen LogP contribution is 2.17. The van der Waals surface area contributed by atoms with Crippen LogP contribution in [0.5, 0.6) is 5.75 Å². The minimum absolute atomic E-state index is 0.0590. The number of para-hydroxylation sites is 1. The quantitative estimate of drug-likeness (QED) is 0.666. The Morgan fingerprint density at radius 2 is 1.73 bits per heavy atom. The highest BCUT2D eigenvalue weighted by molar-refractivity contribution is 7.89. The summed E-state index contributed by atoms with van der Waals surface area (Å²) < 4.78 is 27.7. The van der Waals surface area contributed by atoms with E-state index in [9.17, 15) is 18.0 Å². The molecule has 2 aromatic rings. The summed E-state index contributed by atoms with van der Waals surface area (Å²) in [5, 5.41) is 10.1. The van der Waals surface area contributed by atoms with Gasteiger partial charge in [0, 0.05) is 5.69 Å². The Morgan fingerprint density at radius 3 is 2.35 bits per heavy atom. The van der Waals surface area contributed by atoms with Gasteiger partial charge in [0.1, 0.15) is 5.75 Å². The summed E-state index contributed by atoms with van der Waals surface area (Å²) in [5.74, 6) is -0.462. The molecular formula is C17H19N3O5S. The number of rotatable bonds is 7. The molecule has 0 unspecified atom stereocenters. The lowest BCUT2D eigenvalue weighted by Crippen LogP contribution is -2.33. The number of hydrogen-bond acceptors (Lipinski definition) is 5. The SMILES string of the molecule is CCOc1ccccc1C(=O)NCC(=O)Nc1ccc(S(N)(=O)=O)cc1. The largest absolute Gasteiger partial charge is 0.493 e. The van der Waals surface area contributed by atoms with Gasteiger partial charge in [0.25, 0.3) is 5.91 Å². The molecule has 138 valence electrons. The minimum Gasteiger partial charge on any atom is -0.493 e. The number of ether oxygens (including phenoxy) is 1. The molecule has 0 fully saturated rings.